The topological polar surface area (TPSA) is 74.0 Å². The Morgan fingerprint density at radius 3 is 1.76 bits per heavy atom. The molecule has 0 aliphatic heterocycles. The Hall–Kier alpha value is -6.86. The zero-order chi connectivity index (χ0) is 32.3. The third kappa shape index (κ3) is 4.37. The first-order valence-electron chi connectivity index (χ1n) is 16.2. The van der Waals surface area contributed by atoms with Crippen molar-refractivity contribution in [3.8, 4) is 51.0 Å². The van der Waals surface area contributed by atoms with Gasteiger partial charge in [-0.15, -0.1) is 0 Å². The molecule has 7 heteroatoms. The quantitative estimate of drug-likeness (QED) is 0.189. The van der Waals surface area contributed by atoms with Crippen LogP contribution in [0, 0.1) is 0 Å². The summed E-state index contributed by atoms with van der Waals surface area (Å²) in [6.07, 6.45) is 0. The molecule has 0 spiro atoms. The van der Waals surface area contributed by atoms with Crippen molar-refractivity contribution in [1.82, 2.24) is 28.9 Å². The van der Waals surface area contributed by atoms with E-state index in [9.17, 15) is 0 Å². The second kappa shape index (κ2) is 10.9. The molecule has 0 bridgehead atoms. The Morgan fingerprint density at radius 2 is 1.04 bits per heavy atom. The molecule has 230 valence electrons. The van der Waals surface area contributed by atoms with Crippen molar-refractivity contribution in [1.29, 1.82) is 0 Å². The maximum absolute atomic E-state index is 6.41. The summed E-state index contributed by atoms with van der Waals surface area (Å²) in [7, 11) is 0. The maximum atomic E-state index is 6.41. The van der Waals surface area contributed by atoms with Gasteiger partial charge < -0.3 is 4.42 Å². The van der Waals surface area contributed by atoms with Crippen LogP contribution >= 0.6 is 0 Å². The van der Waals surface area contributed by atoms with Crippen molar-refractivity contribution in [2.75, 3.05) is 0 Å². The van der Waals surface area contributed by atoms with Crippen LogP contribution < -0.4 is 0 Å². The van der Waals surface area contributed by atoms with Crippen LogP contribution in [-0.2, 0) is 0 Å². The summed E-state index contributed by atoms with van der Waals surface area (Å²) >= 11 is 0. The number of imidazole rings is 2. The Bertz CT molecular complexity index is 2760. The Kier molecular flexibility index (Phi) is 6.04. The third-order valence-electron chi connectivity index (χ3n) is 9.02. The molecule has 4 aromatic heterocycles. The van der Waals surface area contributed by atoms with E-state index in [0.717, 1.165) is 72.5 Å². The largest absolute Gasteiger partial charge is 0.437 e. The van der Waals surface area contributed by atoms with Crippen LogP contribution in [-0.4, -0.2) is 28.9 Å². The minimum atomic E-state index is 0.612. The SMILES string of the molecule is c1ccc(-c2nc(-c3ccccc3)nc(-c3ccccc3-c3ccc4c(c3)n(-c3ccccc3)c3nc5c6ccccc6oc5n43)n2)cc1. The predicted molar refractivity (Wildman–Crippen MR) is 194 cm³/mol. The summed E-state index contributed by atoms with van der Waals surface area (Å²) in [6.45, 7) is 0. The van der Waals surface area contributed by atoms with Crippen LogP contribution in [0.1, 0.15) is 0 Å². The van der Waals surface area contributed by atoms with Crippen LogP contribution in [0.15, 0.2) is 162 Å². The highest BCUT2D eigenvalue weighted by atomic mass is 16.3. The molecule has 0 amide bonds. The van der Waals surface area contributed by atoms with E-state index in [1.54, 1.807) is 0 Å². The minimum absolute atomic E-state index is 0.612. The molecule has 0 aliphatic carbocycles. The lowest BCUT2D eigenvalue weighted by molar-refractivity contribution is 0.651. The van der Waals surface area contributed by atoms with Gasteiger partial charge in [0.1, 0.15) is 11.1 Å². The smallest absolute Gasteiger partial charge is 0.234 e. The highest BCUT2D eigenvalue weighted by Crippen LogP contribution is 2.38. The number of fused-ring (bicyclic) bond motifs is 7. The van der Waals surface area contributed by atoms with Gasteiger partial charge in [0, 0.05) is 27.8 Å². The molecule has 0 unspecified atom stereocenters. The average Bonchev–Trinajstić information content (AvgIpc) is 3.82. The van der Waals surface area contributed by atoms with E-state index in [0.29, 0.717) is 17.5 Å². The Morgan fingerprint density at radius 1 is 0.449 bits per heavy atom. The van der Waals surface area contributed by atoms with E-state index >= 15 is 0 Å². The van der Waals surface area contributed by atoms with Crippen LogP contribution in [0.5, 0.6) is 0 Å². The fourth-order valence-corrected chi connectivity index (χ4v) is 6.74. The predicted octanol–water partition coefficient (Wildman–Crippen LogP) is 10.0. The highest BCUT2D eigenvalue weighted by Gasteiger charge is 2.23. The number of hydrogen-bond donors (Lipinski definition) is 0. The first-order valence-corrected chi connectivity index (χ1v) is 16.2. The molecular formula is C42H26N6O. The van der Waals surface area contributed by atoms with Gasteiger partial charge in [-0.25, -0.2) is 24.3 Å². The van der Waals surface area contributed by atoms with Gasteiger partial charge >= 0.3 is 0 Å². The molecule has 10 rings (SSSR count). The molecular weight excluding hydrogens is 605 g/mol. The molecule has 49 heavy (non-hydrogen) atoms. The van der Waals surface area contributed by atoms with Gasteiger partial charge in [-0.05, 0) is 47.5 Å². The maximum Gasteiger partial charge on any atom is 0.234 e. The standard InChI is InChI=1S/C42H26N6O/c1-4-14-27(15-5-1)38-44-39(28-16-6-2-7-17-28)46-40(45-38)32-21-11-10-20-31(32)29-24-25-34-35(26-29)47(30-18-8-3-9-19-30)42-43-37-33-22-12-13-23-36(33)49-41(37)48(34)42/h1-26H. The van der Waals surface area contributed by atoms with E-state index in [2.05, 4.69) is 75.7 Å². The number of aromatic nitrogens is 6. The molecule has 7 nitrogen and oxygen atoms in total. The summed E-state index contributed by atoms with van der Waals surface area (Å²) < 4.78 is 10.7. The number of furan rings is 1. The molecule has 0 aliphatic rings. The minimum Gasteiger partial charge on any atom is -0.437 e. The van der Waals surface area contributed by atoms with E-state index in [-0.39, 0.29) is 0 Å². The van der Waals surface area contributed by atoms with Gasteiger partial charge in [0.25, 0.3) is 0 Å². The molecule has 0 N–H and O–H groups in total. The summed E-state index contributed by atoms with van der Waals surface area (Å²) in [4.78, 5) is 20.2. The normalized spacial score (nSPS) is 11.7. The number of nitrogens with zero attached hydrogens (tertiary/aromatic N) is 6. The lowest BCUT2D eigenvalue weighted by Gasteiger charge is -2.12. The summed E-state index contributed by atoms with van der Waals surface area (Å²) in [6, 6.07) is 53.3. The Labute approximate surface area is 280 Å². The molecule has 0 fully saturated rings. The van der Waals surface area contributed by atoms with Gasteiger partial charge in [0.2, 0.25) is 11.5 Å². The van der Waals surface area contributed by atoms with E-state index in [1.165, 1.54) is 0 Å². The van der Waals surface area contributed by atoms with Crippen molar-refractivity contribution < 1.29 is 4.42 Å². The zero-order valence-electron chi connectivity index (χ0n) is 26.1. The molecule has 0 saturated heterocycles. The van der Waals surface area contributed by atoms with E-state index < -0.39 is 0 Å². The fourth-order valence-electron chi connectivity index (χ4n) is 6.74. The van der Waals surface area contributed by atoms with Gasteiger partial charge in [-0.2, -0.15) is 0 Å². The molecule has 0 atom stereocenters. The van der Waals surface area contributed by atoms with Crippen molar-refractivity contribution in [2.24, 2.45) is 0 Å². The first kappa shape index (κ1) is 27.3. The fraction of sp³-hybridized carbons (Fsp3) is 0. The monoisotopic (exact) mass is 630 g/mol. The summed E-state index contributed by atoms with van der Waals surface area (Å²) in [5.41, 5.74) is 10.3. The van der Waals surface area contributed by atoms with Gasteiger partial charge in [-0.1, -0.05) is 121 Å². The highest BCUT2D eigenvalue weighted by molar-refractivity contribution is 6.05. The van der Waals surface area contributed by atoms with E-state index in [1.807, 2.05) is 91.0 Å². The van der Waals surface area contributed by atoms with Gasteiger partial charge in [-0.3, -0.25) is 4.57 Å². The average molecular weight is 631 g/mol. The van der Waals surface area contributed by atoms with Gasteiger partial charge in [0.15, 0.2) is 17.5 Å². The molecule has 0 saturated carbocycles. The van der Waals surface area contributed by atoms with Crippen molar-refractivity contribution >= 4 is 39.0 Å². The van der Waals surface area contributed by atoms with Crippen molar-refractivity contribution in [2.45, 2.75) is 0 Å². The lowest BCUT2D eigenvalue weighted by Crippen LogP contribution is -2.01. The zero-order valence-corrected chi connectivity index (χ0v) is 26.1. The second-order valence-electron chi connectivity index (χ2n) is 12.0. The second-order valence-corrected chi connectivity index (χ2v) is 12.0. The van der Waals surface area contributed by atoms with Crippen LogP contribution in [0.25, 0.3) is 90.0 Å². The molecule has 6 aromatic carbocycles. The number of rotatable bonds is 5. The van der Waals surface area contributed by atoms with Crippen molar-refractivity contribution in [3.63, 3.8) is 0 Å². The molecule has 10 aromatic rings. The summed E-state index contributed by atoms with van der Waals surface area (Å²) in [5, 5.41) is 1.00. The van der Waals surface area contributed by atoms with Crippen molar-refractivity contribution in [3.05, 3.63) is 158 Å². The number of para-hydroxylation sites is 2. The third-order valence-corrected chi connectivity index (χ3v) is 9.02. The first-order chi connectivity index (χ1) is 24.3. The van der Waals surface area contributed by atoms with Crippen LogP contribution in [0.3, 0.4) is 0 Å². The molecule has 4 heterocycles. The molecule has 0 radical (unpaired) electrons. The number of benzene rings is 6. The van der Waals surface area contributed by atoms with Gasteiger partial charge in [0.05, 0.1) is 11.0 Å². The van der Waals surface area contributed by atoms with Crippen LogP contribution in [0.2, 0.25) is 0 Å². The van der Waals surface area contributed by atoms with E-state index in [4.69, 9.17) is 24.4 Å². The number of hydrogen-bond acceptors (Lipinski definition) is 5. The summed E-state index contributed by atoms with van der Waals surface area (Å²) in [5.74, 6) is 2.66. The Balaban J connectivity index is 1.21. The van der Waals surface area contributed by atoms with Crippen LogP contribution in [0.4, 0.5) is 0 Å². The lowest BCUT2D eigenvalue weighted by atomic mass is 9.98.